The van der Waals surface area contributed by atoms with Crippen LogP contribution >= 0.6 is 0 Å². The van der Waals surface area contributed by atoms with Crippen molar-refractivity contribution in [1.29, 1.82) is 0 Å². The lowest BCUT2D eigenvalue weighted by molar-refractivity contribution is 0.0634. The molecule has 1 saturated carbocycles. The van der Waals surface area contributed by atoms with Crippen LogP contribution in [0.5, 0.6) is 11.5 Å². The fourth-order valence-corrected chi connectivity index (χ4v) is 4.95. The Morgan fingerprint density at radius 1 is 1.05 bits per heavy atom. The summed E-state index contributed by atoms with van der Waals surface area (Å²) in [5, 5.41) is 24.5. The van der Waals surface area contributed by atoms with Crippen LogP contribution in [0, 0.1) is 12.1 Å². The fraction of sp³-hybridized carbons (Fsp3) is 0.367. The first kappa shape index (κ1) is 26.5. The lowest BCUT2D eigenvalue weighted by atomic mass is 9.93. The molecule has 0 bridgehead atoms. The number of ether oxygens (including phenoxy) is 1. The SMILES string of the molecule is CCCN(C(=O)c1cccc(CNc2cc(Oc3ccccc3C)ccc2N([O-])O)c1)C1CCCCC1. The van der Waals surface area contributed by atoms with Crippen LogP contribution in [0.1, 0.15) is 66.9 Å². The minimum Gasteiger partial charge on any atom is -0.733 e. The van der Waals surface area contributed by atoms with Gasteiger partial charge in [0.1, 0.15) is 11.5 Å². The lowest BCUT2D eigenvalue weighted by Crippen LogP contribution is -2.42. The van der Waals surface area contributed by atoms with Gasteiger partial charge in [-0.15, -0.1) is 0 Å². The van der Waals surface area contributed by atoms with Crippen LogP contribution in [0.2, 0.25) is 0 Å². The van der Waals surface area contributed by atoms with Crippen molar-refractivity contribution >= 4 is 17.3 Å². The van der Waals surface area contributed by atoms with Gasteiger partial charge in [-0.3, -0.25) is 10.0 Å². The van der Waals surface area contributed by atoms with Gasteiger partial charge in [0.05, 0.1) is 11.4 Å². The summed E-state index contributed by atoms with van der Waals surface area (Å²) in [4.78, 5) is 15.5. The molecule has 0 unspecified atom stereocenters. The van der Waals surface area contributed by atoms with Crippen LogP contribution in [0.15, 0.2) is 66.7 Å². The van der Waals surface area contributed by atoms with Gasteiger partial charge < -0.3 is 25.4 Å². The second-order valence-corrected chi connectivity index (χ2v) is 9.66. The van der Waals surface area contributed by atoms with Crippen LogP contribution in [0.3, 0.4) is 0 Å². The molecule has 2 N–H and O–H groups in total. The fourth-order valence-electron chi connectivity index (χ4n) is 4.95. The third kappa shape index (κ3) is 6.81. The van der Waals surface area contributed by atoms with Crippen molar-refractivity contribution in [2.24, 2.45) is 0 Å². The van der Waals surface area contributed by atoms with E-state index in [0.29, 0.717) is 35.3 Å². The van der Waals surface area contributed by atoms with E-state index in [1.807, 2.05) is 55.5 Å². The zero-order valence-electron chi connectivity index (χ0n) is 21.7. The first-order valence-corrected chi connectivity index (χ1v) is 13.1. The highest BCUT2D eigenvalue weighted by atomic mass is 16.8. The van der Waals surface area contributed by atoms with Gasteiger partial charge in [0.25, 0.3) is 5.91 Å². The second-order valence-electron chi connectivity index (χ2n) is 9.66. The van der Waals surface area contributed by atoms with E-state index in [9.17, 15) is 15.2 Å². The number of nitrogens with one attached hydrogen (secondary N) is 1. The molecule has 0 spiro atoms. The molecule has 1 amide bonds. The molecule has 4 rings (SSSR count). The number of hydrogen-bond acceptors (Lipinski definition) is 6. The normalized spacial score (nSPS) is 13.7. The third-order valence-electron chi connectivity index (χ3n) is 6.89. The van der Waals surface area contributed by atoms with Crippen molar-refractivity contribution in [1.82, 2.24) is 4.90 Å². The number of benzene rings is 3. The molecule has 1 fully saturated rings. The number of carbonyl (C=O) groups is 1. The summed E-state index contributed by atoms with van der Waals surface area (Å²) in [5.41, 5.74) is 3.06. The lowest BCUT2D eigenvalue weighted by Gasteiger charge is -2.34. The van der Waals surface area contributed by atoms with Gasteiger partial charge in [0, 0.05) is 30.8 Å². The summed E-state index contributed by atoms with van der Waals surface area (Å²) in [5.74, 6) is 1.32. The maximum atomic E-state index is 13.5. The number of rotatable bonds is 10. The summed E-state index contributed by atoms with van der Waals surface area (Å²) in [6, 6.07) is 20.4. The number of amides is 1. The minimum absolute atomic E-state index is 0.0750. The van der Waals surface area contributed by atoms with Gasteiger partial charge in [-0.1, -0.05) is 56.5 Å². The van der Waals surface area contributed by atoms with Crippen molar-refractivity contribution in [2.45, 2.75) is 65.0 Å². The molecule has 3 aromatic rings. The first-order valence-electron chi connectivity index (χ1n) is 13.1. The Bertz CT molecular complexity index is 1190. The Labute approximate surface area is 219 Å². The summed E-state index contributed by atoms with van der Waals surface area (Å²) < 4.78 is 6.00. The van der Waals surface area contributed by atoms with Crippen LogP contribution in [0.25, 0.3) is 0 Å². The van der Waals surface area contributed by atoms with Crippen molar-refractivity contribution in [3.8, 4) is 11.5 Å². The highest BCUT2D eigenvalue weighted by Crippen LogP contribution is 2.33. The highest BCUT2D eigenvalue weighted by Gasteiger charge is 2.25. The average molecular weight is 503 g/mol. The molecule has 0 aliphatic heterocycles. The number of nitrogens with zero attached hydrogens (tertiary/aromatic N) is 2. The average Bonchev–Trinajstić information content (AvgIpc) is 2.92. The summed E-state index contributed by atoms with van der Waals surface area (Å²) in [7, 11) is 0. The maximum absolute atomic E-state index is 13.5. The highest BCUT2D eigenvalue weighted by molar-refractivity contribution is 5.94. The molecule has 7 heteroatoms. The topological polar surface area (TPSA) is 88.1 Å². The van der Waals surface area contributed by atoms with Gasteiger partial charge in [0.2, 0.25) is 0 Å². The predicted octanol–water partition coefficient (Wildman–Crippen LogP) is 7.28. The van der Waals surface area contributed by atoms with Gasteiger partial charge in [-0.25, -0.2) is 0 Å². The van der Waals surface area contributed by atoms with E-state index < -0.39 is 0 Å². The molecule has 0 atom stereocenters. The van der Waals surface area contributed by atoms with Gasteiger partial charge in [0.15, 0.2) is 0 Å². The van der Waals surface area contributed by atoms with Crippen LogP contribution in [-0.2, 0) is 6.54 Å². The van der Waals surface area contributed by atoms with E-state index in [0.717, 1.165) is 36.9 Å². The van der Waals surface area contributed by atoms with E-state index in [2.05, 4.69) is 17.1 Å². The molecule has 1 aliphatic carbocycles. The molecule has 0 radical (unpaired) electrons. The molecular weight excluding hydrogens is 466 g/mol. The molecule has 0 aromatic heterocycles. The van der Waals surface area contributed by atoms with E-state index in [1.165, 1.54) is 25.3 Å². The van der Waals surface area contributed by atoms with Crippen molar-refractivity contribution in [3.05, 3.63) is 88.6 Å². The van der Waals surface area contributed by atoms with Crippen LogP contribution < -0.4 is 15.3 Å². The molecular formula is C30H36N3O4-. The molecule has 3 aromatic carbocycles. The Kier molecular flexibility index (Phi) is 9.04. The largest absolute Gasteiger partial charge is 0.733 e. The molecule has 0 saturated heterocycles. The summed E-state index contributed by atoms with van der Waals surface area (Å²) in [6.07, 6.45) is 6.68. The zero-order chi connectivity index (χ0) is 26.2. The standard InChI is InChI=1S/C30H36N3O4/c1-3-18-32(25-13-5-4-6-14-25)30(34)24-12-9-11-23(19-24)21-31-27-20-26(16-17-28(27)33(35)36)37-29-15-8-7-10-22(29)2/h7-12,15-17,19-20,25,31,35H,3-6,13-14,18,21H2,1-2H3/q-1. The third-order valence-corrected chi connectivity index (χ3v) is 6.89. The first-order chi connectivity index (χ1) is 18.0. The number of para-hydroxylation sites is 1. The maximum Gasteiger partial charge on any atom is 0.254 e. The zero-order valence-corrected chi connectivity index (χ0v) is 21.7. The van der Waals surface area contributed by atoms with Crippen molar-refractivity contribution < 1.29 is 14.7 Å². The predicted molar refractivity (Wildman–Crippen MR) is 147 cm³/mol. The summed E-state index contributed by atoms with van der Waals surface area (Å²) in [6.45, 7) is 5.20. The number of anilines is 2. The molecule has 1 aliphatic rings. The van der Waals surface area contributed by atoms with E-state index in [4.69, 9.17) is 4.74 Å². The smallest absolute Gasteiger partial charge is 0.254 e. The number of hydrogen-bond donors (Lipinski definition) is 2. The number of carbonyl (C=O) groups excluding carboxylic acids is 1. The Morgan fingerprint density at radius 2 is 1.84 bits per heavy atom. The Hall–Kier alpha value is -3.55. The monoisotopic (exact) mass is 502 g/mol. The van der Waals surface area contributed by atoms with E-state index in [1.54, 1.807) is 12.1 Å². The van der Waals surface area contributed by atoms with E-state index in [-0.39, 0.29) is 16.8 Å². The van der Waals surface area contributed by atoms with Gasteiger partial charge in [-0.2, -0.15) is 0 Å². The van der Waals surface area contributed by atoms with Crippen LogP contribution in [0.4, 0.5) is 11.4 Å². The second kappa shape index (κ2) is 12.6. The number of aryl methyl sites for hydroxylation is 1. The Balaban J connectivity index is 1.50. The summed E-state index contributed by atoms with van der Waals surface area (Å²) >= 11 is 0. The van der Waals surface area contributed by atoms with Gasteiger partial charge >= 0.3 is 0 Å². The van der Waals surface area contributed by atoms with Gasteiger partial charge in [-0.05, 0) is 67.6 Å². The van der Waals surface area contributed by atoms with Crippen molar-refractivity contribution in [3.63, 3.8) is 0 Å². The Morgan fingerprint density at radius 3 is 2.57 bits per heavy atom. The van der Waals surface area contributed by atoms with Crippen LogP contribution in [-0.4, -0.2) is 28.6 Å². The molecule has 7 nitrogen and oxygen atoms in total. The molecule has 37 heavy (non-hydrogen) atoms. The molecule has 196 valence electrons. The minimum atomic E-state index is -0.160. The van der Waals surface area contributed by atoms with E-state index >= 15 is 0 Å². The quantitative estimate of drug-likeness (QED) is 0.283. The molecule has 0 heterocycles. The van der Waals surface area contributed by atoms with Crippen molar-refractivity contribution in [2.75, 3.05) is 17.1 Å².